The molecular formula is C22H22N4OS. The summed E-state index contributed by atoms with van der Waals surface area (Å²) in [6.45, 7) is 3.32. The third kappa shape index (κ3) is 3.96. The van der Waals surface area contributed by atoms with Gasteiger partial charge in [-0.15, -0.1) is 0 Å². The highest BCUT2D eigenvalue weighted by Gasteiger charge is 2.15. The van der Waals surface area contributed by atoms with E-state index in [2.05, 4.69) is 11.0 Å². The van der Waals surface area contributed by atoms with Crippen molar-refractivity contribution in [1.29, 1.82) is 5.26 Å². The minimum Gasteiger partial charge on any atom is -0.303 e. The second kappa shape index (κ2) is 8.59. The molecule has 4 rings (SSSR count). The molecule has 6 heteroatoms. The van der Waals surface area contributed by atoms with Crippen LogP contribution in [0.5, 0.6) is 0 Å². The zero-order chi connectivity index (χ0) is 19.3. The van der Waals surface area contributed by atoms with E-state index in [-0.39, 0.29) is 5.56 Å². The minimum absolute atomic E-state index is 0.0734. The maximum Gasteiger partial charge on any atom is 0.266 e. The summed E-state index contributed by atoms with van der Waals surface area (Å²) in [5, 5.41) is 10.4. The van der Waals surface area contributed by atoms with E-state index in [1.54, 1.807) is 28.5 Å². The van der Waals surface area contributed by atoms with Gasteiger partial charge in [0.25, 0.3) is 5.56 Å². The Morgan fingerprint density at radius 3 is 2.54 bits per heavy atom. The maximum absolute atomic E-state index is 13.2. The first-order chi connectivity index (χ1) is 13.8. The molecule has 0 radical (unpaired) electrons. The van der Waals surface area contributed by atoms with Crippen LogP contribution in [-0.4, -0.2) is 39.8 Å². The van der Waals surface area contributed by atoms with E-state index >= 15 is 0 Å². The standard InChI is InChI=1S/C22H22N4OS/c23-16-17-8-10-18(11-9-17)26-21(27)19-6-2-3-7-20(19)24-22(26)28-15-14-25-12-4-1-5-13-25/h2-3,6-11H,1,4-5,12-15H2. The third-order valence-electron chi connectivity index (χ3n) is 5.09. The first-order valence-corrected chi connectivity index (χ1v) is 10.6. The number of thioether (sulfide) groups is 1. The van der Waals surface area contributed by atoms with Crippen LogP contribution in [0.4, 0.5) is 0 Å². The summed E-state index contributed by atoms with van der Waals surface area (Å²) in [5.41, 5.74) is 1.96. The molecule has 0 amide bonds. The molecule has 1 aromatic heterocycles. The second-order valence-electron chi connectivity index (χ2n) is 6.96. The summed E-state index contributed by atoms with van der Waals surface area (Å²) in [5.74, 6) is 0.890. The van der Waals surface area contributed by atoms with E-state index in [0.717, 1.165) is 36.6 Å². The van der Waals surface area contributed by atoms with Gasteiger partial charge in [-0.05, 0) is 62.3 Å². The number of piperidine rings is 1. The average molecular weight is 391 g/mol. The molecule has 1 aliphatic rings. The Morgan fingerprint density at radius 1 is 1.04 bits per heavy atom. The van der Waals surface area contributed by atoms with Gasteiger partial charge in [-0.25, -0.2) is 4.98 Å². The Bertz CT molecular complexity index is 1060. The third-order valence-corrected chi connectivity index (χ3v) is 6.01. The Kier molecular flexibility index (Phi) is 5.75. The molecule has 142 valence electrons. The lowest BCUT2D eigenvalue weighted by Crippen LogP contribution is -2.31. The normalized spacial score (nSPS) is 14.8. The second-order valence-corrected chi connectivity index (χ2v) is 8.02. The summed E-state index contributed by atoms with van der Waals surface area (Å²) in [7, 11) is 0. The van der Waals surface area contributed by atoms with Crippen molar-refractivity contribution in [1.82, 2.24) is 14.5 Å². The van der Waals surface area contributed by atoms with Crippen LogP contribution in [0.3, 0.4) is 0 Å². The lowest BCUT2D eigenvalue weighted by molar-refractivity contribution is 0.242. The average Bonchev–Trinajstić information content (AvgIpc) is 2.75. The molecule has 0 bridgehead atoms. The summed E-state index contributed by atoms with van der Waals surface area (Å²) in [6, 6.07) is 16.7. The molecule has 2 heterocycles. The van der Waals surface area contributed by atoms with E-state index in [0.29, 0.717) is 16.1 Å². The van der Waals surface area contributed by atoms with E-state index in [1.165, 1.54) is 19.3 Å². The molecule has 1 saturated heterocycles. The van der Waals surface area contributed by atoms with Gasteiger partial charge in [-0.2, -0.15) is 5.26 Å². The molecular weight excluding hydrogens is 368 g/mol. The first kappa shape index (κ1) is 18.7. The highest BCUT2D eigenvalue weighted by atomic mass is 32.2. The fourth-order valence-electron chi connectivity index (χ4n) is 3.57. The summed E-state index contributed by atoms with van der Waals surface area (Å²) in [6.07, 6.45) is 3.87. The van der Waals surface area contributed by atoms with Gasteiger partial charge in [0.15, 0.2) is 5.16 Å². The Morgan fingerprint density at radius 2 is 1.79 bits per heavy atom. The number of hydrogen-bond acceptors (Lipinski definition) is 5. The molecule has 5 nitrogen and oxygen atoms in total. The number of benzene rings is 2. The van der Waals surface area contributed by atoms with Crippen molar-refractivity contribution in [3.05, 3.63) is 64.4 Å². The molecule has 28 heavy (non-hydrogen) atoms. The Hall–Kier alpha value is -2.62. The van der Waals surface area contributed by atoms with Crippen molar-refractivity contribution in [3.63, 3.8) is 0 Å². The van der Waals surface area contributed by atoms with Crippen molar-refractivity contribution >= 4 is 22.7 Å². The van der Waals surface area contributed by atoms with Crippen LogP contribution in [0.1, 0.15) is 24.8 Å². The number of para-hydroxylation sites is 1. The summed E-state index contributed by atoms with van der Waals surface area (Å²) >= 11 is 1.62. The predicted octanol–water partition coefficient (Wildman–Crippen LogP) is 3.84. The highest BCUT2D eigenvalue weighted by Crippen LogP contribution is 2.22. The molecule has 1 fully saturated rings. The fraction of sp³-hybridized carbons (Fsp3) is 0.318. The summed E-state index contributed by atoms with van der Waals surface area (Å²) < 4.78 is 1.67. The zero-order valence-corrected chi connectivity index (χ0v) is 16.5. The van der Waals surface area contributed by atoms with Gasteiger partial charge in [0, 0.05) is 12.3 Å². The smallest absolute Gasteiger partial charge is 0.266 e. The molecule has 0 unspecified atom stereocenters. The quantitative estimate of drug-likeness (QED) is 0.489. The number of likely N-dealkylation sites (tertiary alicyclic amines) is 1. The van der Waals surface area contributed by atoms with E-state index in [4.69, 9.17) is 10.2 Å². The van der Waals surface area contributed by atoms with Gasteiger partial charge >= 0.3 is 0 Å². The number of aromatic nitrogens is 2. The van der Waals surface area contributed by atoms with Crippen LogP contribution < -0.4 is 5.56 Å². The van der Waals surface area contributed by atoms with Crippen molar-refractivity contribution < 1.29 is 0 Å². The van der Waals surface area contributed by atoms with Crippen LogP contribution in [0.15, 0.2) is 58.5 Å². The van der Waals surface area contributed by atoms with Crippen LogP contribution in [0.25, 0.3) is 16.6 Å². The molecule has 1 aliphatic heterocycles. The monoisotopic (exact) mass is 390 g/mol. The Labute approximate surface area is 168 Å². The molecule has 0 saturated carbocycles. The minimum atomic E-state index is -0.0734. The van der Waals surface area contributed by atoms with E-state index in [1.807, 2.05) is 36.4 Å². The van der Waals surface area contributed by atoms with Crippen molar-refractivity contribution in [2.24, 2.45) is 0 Å². The predicted molar refractivity (Wildman–Crippen MR) is 113 cm³/mol. The largest absolute Gasteiger partial charge is 0.303 e. The number of nitriles is 1. The zero-order valence-electron chi connectivity index (χ0n) is 15.7. The number of nitrogens with zero attached hydrogens (tertiary/aromatic N) is 4. The van der Waals surface area contributed by atoms with Gasteiger partial charge in [-0.1, -0.05) is 30.3 Å². The highest BCUT2D eigenvalue weighted by molar-refractivity contribution is 7.99. The number of fused-ring (bicyclic) bond motifs is 1. The number of rotatable bonds is 5. The molecule has 3 aromatic rings. The van der Waals surface area contributed by atoms with Crippen molar-refractivity contribution in [2.45, 2.75) is 24.4 Å². The Balaban J connectivity index is 1.68. The topological polar surface area (TPSA) is 61.9 Å². The first-order valence-electron chi connectivity index (χ1n) is 9.64. The maximum atomic E-state index is 13.2. The van der Waals surface area contributed by atoms with Crippen LogP contribution in [0.2, 0.25) is 0 Å². The summed E-state index contributed by atoms with van der Waals surface area (Å²) in [4.78, 5) is 20.5. The van der Waals surface area contributed by atoms with Crippen molar-refractivity contribution in [3.8, 4) is 11.8 Å². The number of hydrogen-bond donors (Lipinski definition) is 0. The lowest BCUT2D eigenvalue weighted by atomic mass is 10.1. The van der Waals surface area contributed by atoms with Gasteiger partial charge < -0.3 is 4.90 Å². The van der Waals surface area contributed by atoms with Crippen LogP contribution in [-0.2, 0) is 0 Å². The molecule has 0 spiro atoms. The van der Waals surface area contributed by atoms with E-state index < -0.39 is 0 Å². The molecule has 0 N–H and O–H groups in total. The molecule has 0 aliphatic carbocycles. The van der Waals surface area contributed by atoms with Gasteiger partial charge in [0.1, 0.15) is 0 Å². The lowest BCUT2D eigenvalue weighted by Gasteiger charge is -2.26. The SMILES string of the molecule is N#Cc1ccc(-n2c(SCCN3CCCCC3)nc3ccccc3c2=O)cc1. The fourth-order valence-corrected chi connectivity index (χ4v) is 4.58. The van der Waals surface area contributed by atoms with Gasteiger partial charge in [0.2, 0.25) is 0 Å². The van der Waals surface area contributed by atoms with Gasteiger partial charge in [-0.3, -0.25) is 9.36 Å². The van der Waals surface area contributed by atoms with Crippen molar-refractivity contribution in [2.75, 3.05) is 25.4 Å². The van der Waals surface area contributed by atoms with E-state index in [9.17, 15) is 4.79 Å². The van der Waals surface area contributed by atoms with Crippen LogP contribution in [0, 0.1) is 11.3 Å². The molecule has 2 aromatic carbocycles. The van der Waals surface area contributed by atoms with Gasteiger partial charge in [0.05, 0.1) is 28.2 Å². The molecule has 0 atom stereocenters. The van der Waals surface area contributed by atoms with Crippen LogP contribution >= 0.6 is 11.8 Å².